The molecular formula is C15H12BrFN4O. The summed E-state index contributed by atoms with van der Waals surface area (Å²) in [6.07, 6.45) is 3.31. The van der Waals surface area contributed by atoms with Crippen LogP contribution in [0.1, 0.15) is 17.3 Å². The molecule has 0 saturated carbocycles. The maximum absolute atomic E-state index is 12.7. The molecule has 0 fully saturated rings. The Morgan fingerprint density at radius 2 is 1.91 bits per heavy atom. The Bertz CT molecular complexity index is 788. The summed E-state index contributed by atoms with van der Waals surface area (Å²) in [6, 6.07) is 5.85. The van der Waals surface area contributed by atoms with Crippen molar-refractivity contribution in [2.75, 3.05) is 0 Å². The third kappa shape index (κ3) is 3.36. The largest absolute Gasteiger partial charge is 0.421 e. The van der Waals surface area contributed by atoms with E-state index in [-0.39, 0.29) is 0 Å². The van der Waals surface area contributed by atoms with Gasteiger partial charge in [-0.15, -0.1) is 10.2 Å². The number of aromatic nitrogens is 4. The van der Waals surface area contributed by atoms with E-state index in [0.29, 0.717) is 30.4 Å². The van der Waals surface area contributed by atoms with Gasteiger partial charge in [0, 0.05) is 22.9 Å². The normalized spacial score (nSPS) is 10.9. The fraction of sp³-hybridized carbons (Fsp3) is 0.200. The lowest BCUT2D eigenvalue weighted by atomic mass is 10.1. The summed E-state index contributed by atoms with van der Waals surface area (Å²) >= 11 is 3.48. The summed E-state index contributed by atoms with van der Waals surface area (Å²) in [4.78, 5) is 7.79. The van der Waals surface area contributed by atoms with Gasteiger partial charge in [0.1, 0.15) is 5.82 Å². The van der Waals surface area contributed by atoms with Crippen LogP contribution in [0, 0.1) is 12.7 Å². The van der Waals surface area contributed by atoms with Crippen molar-refractivity contribution in [1.82, 2.24) is 20.2 Å². The molecule has 3 rings (SSSR count). The number of benzene rings is 1. The number of hydrogen-bond acceptors (Lipinski definition) is 5. The predicted molar refractivity (Wildman–Crippen MR) is 81.6 cm³/mol. The maximum atomic E-state index is 12.7. The van der Waals surface area contributed by atoms with Crippen molar-refractivity contribution in [3.05, 3.63) is 58.2 Å². The lowest BCUT2D eigenvalue weighted by Crippen LogP contribution is -1.98. The minimum absolute atomic E-state index is 0.450. The Kier molecular flexibility index (Phi) is 4.24. The molecule has 0 radical (unpaired) electrons. The van der Waals surface area contributed by atoms with Crippen LogP contribution in [-0.2, 0) is 12.8 Å². The maximum Gasteiger partial charge on any atom is 0.247 e. The molecule has 0 spiro atoms. The molecule has 7 heteroatoms. The number of hydrogen-bond donors (Lipinski definition) is 0. The first-order chi connectivity index (χ1) is 10.6. The zero-order valence-corrected chi connectivity index (χ0v) is 13.3. The molecule has 2 aromatic heterocycles. The van der Waals surface area contributed by atoms with Crippen LogP contribution in [0.5, 0.6) is 0 Å². The molecule has 5 nitrogen and oxygen atoms in total. The van der Waals surface area contributed by atoms with Gasteiger partial charge in [-0.2, -0.15) is 0 Å². The van der Waals surface area contributed by atoms with Crippen molar-refractivity contribution in [2.45, 2.75) is 19.8 Å². The van der Waals surface area contributed by atoms with Gasteiger partial charge >= 0.3 is 0 Å². The molecule has 0 atom stereocenters. The van der Waals surface area contributed by atoms with E-state index >= 15 is 0 Å². The lowest BCUT2D eigenvalue weighted by Gasteiger charge is -1.99. The van der Waals surface area contributed by atoms with Crippen LogP contribution in [0.3, 0.4) is 0 Å². The number of aryl methyl sites for hydroxylation is 3. The molecule has 22 heavy (non-hydrogen) atoms. The van der Waals surface area contributed by atoms with Crippen molar-refractivity contribution in [3.8, 4) is 11.5 Å². The van der Waals surface area contributed by atoms with E-state index < -0.39 is 5.82 Å². The van der Waals surface area contributed by atoms with E-state index in [0.717, 1.165) is 28.0 Å². The van der Waals surface area contributed by atoms with Gasteiger partial charge < -0.3 is 4.42 Å². The predicted octanol–water partition coefficient (Wildman–Crippen LogP) is 3.52. The van der Waals surface area contributed by atoms with Gasteiger partial charge in [0.15, 0.2) is 5.82 Å². The highest BCUT2D eigenvalue weighted by Crippen LogP contribution is 2.24. The van der Waals surface area contributed by atoms with Crippen LogP contribution >= 0.6 is 15.9 Å². The standard InChI is InChI=1S/C15H12BrFN4O/c1-9-2-3-10(6-12(9)16)15-21-20-14(22-15)5-4-13-18-7-11(17)8-19-13/h2-3,6-8H,4-5H2,1H3. The fourth-order valence-corrected chi connectivity index (χ4v) is 2.26. The van der Waals surface area contributed by atoms with Crippen molar-refractivity contribution in [2.24, 2.45) is 0 Å². The first kappa shape index (κ1) is 14.8. The second-order valence-corrected chi connectivity index (χ2v) is 5.64. The highest BCUT2D eigenvalue weighted by Gasteiger charge is 2.10. The van der Waals surface area contributed by atoms with Crippen molar-refractivity contribution < 1.29 is 8.81 Å². The van der Waals surface area contributed by atoms with Gasteiger partial charge in [0.05, 0.1) is 12.4 Å². The Morgan fingerprint density at radius 1 is 1.14 bits per heavy atom. The molecule has 0 aliphatic carbocycles. The summed E-state index contributed by atoms with van der Waals surface area (Å²) in [6.45, 7) is 2.01. The number of nitrogens with zero attached hydrogens (tertiary/aromatic N) is 4. The zero-order chi connectivity index (χ0) is 15.5. The van der Waals surface area contributed by atoms with Gasteiger partial charge in [0.2, 0.25) is 11.8 Å². The Balaban J connectivity index is 1.70. The van der Waals surface area contributed by atoms with Crippen molar-refractivity contribution >= 4 is 15.9 Å². The summed E-state index contributed by atoms with van der Waals surface area (Å²) in [5, 5.41) is 8.06. The monoisotopic (exact) mass is 362 g/mol. The molecule has 0 N–H and O–H groups in total. The highest BCUT2D eigenvalue weighted by molar-refractivity contribution is 9.10. The molecule has 0 aliphatic heterocycles. The van der Waals surface area contributed by atoms with E-state index in [2.05, 4.69) is 36.1 Å². The third-order valence-electron chi connectivity index (χ3n) is 3.12. The van der Waals surface area contributed by atoms with Gasteiger partial charge in [-0.3, -0.25) is 0 Å². The Hall–Kier alpha value is -2.15. The first-order valence-corrected chi connectivity index (χ1v) is 7.46. The van der Waals surface area contributed by atoms with Crippen LogP contribution in [0.15, 0.2) is 39.5 Å². The van der Waals surface area contributed by atoms with E-state index in [1.54, 1.807) is 0 Å². The third-order valence-corrected chi connectivity index (χ3v) is 3.98. The van der Waals surface area contributed by atoms with Gasteiger partial charge in [0.25, 0.3) is 0 Å². The first-order valence-electron chi connectivity index (χ1n) is 6.67. The van der Waals surface area contributed by atoms with Crippen LogP contribution in [-0.4, -0.2) is 20.2 Å². The molecule has 0 saturated heterocycles. The smallest absolute Gasteiger partial charge is 0.247 e. The molecule has 1 aromatic carbocycles. The molecule has 0 bridgehead atoms. The second kappa shape index (κ2) is 6.31. The van der Waals surface area contributed by atoms with Gasteiger partial charge in [-0.25, -0.2) is 14.4 Å². The number of rotatable bonds is 4. The minimum atomic E-state index is -0.450. The van der Waals surface area contributed by atoms with E-state index in [1.165, 1.54) is 0 Å². The lowest BCUT2D eigenvalue weighted by molar-refractivity contribution is 0.501. The van der Waals surface area contributed by atoms with Gasteiger partial charge in [-0.05, 0) is 24.6 Å². The average Bonchev–Trinajstić information content (AvgIpc) is 2.98. The SMILES string of the molecule is Cc1ccc(-c2nnc(CCc3ncc(F)cn3)o2)cc1Br. The second-order valence-electron chi connectivity index (χ2n) is 4.78. The highest BCUT2D eigenvalue weighted by atomic mass is 79.9. The fourth-order valence-electron chi connectivity index (χ4n) is 1.88. The topological polar surface area (TPSA) is 64.7 Å². The van der Waals surface area contributed by atoms with Gasteiger partial charge in [-0.1, -0.05) is 22.0 Å². The molecule has 0 amide bonds. The molecule has 112 valence electrons. The quantitative estimate of drug-likeness (QED) is 0.710. The molecule has 2 heterocycles. The summed E-state index contributed by atoms with van der Waals surface area (Å²) in [5.74, 6) is 1.06. The molecular weight excluding hydrogens is 351 g/mol. The van der Waals surface area contributed by atoms with Crippen LogP contribution in [0.4, 0.5) is 4.39 Å². The van der Waals surface area contributed by atoms with Crippen LogP contribution in [0.25, 0.3) is 11.5 Å². The van der Waals surface area contributed by atoms with Crippen molar-refractivity contribution in [3.63, 3.8) is 0 Å². The van der Waals surface area contributed by atoms with E-state index in [1.807, 2.05) is 25.1 Å². The Labute approximate surface area is 134 Å². The summed E-state index contributed by atoms with van der Waals surface area (Å²) < 4.78 is 19.4. The minimum Gasteiger partial charge on any atom is -0.421 e. The molecule has 0 unspecified atom stereocenters. The zero-order valence-electron chi connectivity index (χ0n) is 11.8. The molecule has 0 aliphatic rings. The summed E-state index contributed by atoms with van der Waals surface area (Å²) in [7, 11) is 0. The van der Waals surface area contributed by atoms with Crippen LogP contribution < -0.4 is 0 Å². The summed E-state index contributed by atoms with van der Waals surface area (Å²) in [5.41, 5.74) is 1.99. The number of halogens is 2. The van der Waals surface area contributed by atoms with E-state index in [4.69, 9.17) is 4.42 Å². The van der Waals surface area contributed by atoms with Crippen molar-refractivity contribution in [1.29, 1.82) is 0 Å². The van der Waals surface area contributed by atoms with Crippen LogP contribution in [0.2, 0.25) is 0 Å². The average molecular weight is 363 g/mol. The van der Waals surface area contributed by atoms with E-state index in [9.17, 15) is 4.39 Å². The Morgan fingerprint density at radius 3 is 2.64 bits per heavy atom. The molecule has 3 aromatic rings.